The van der Waals surface area contributed by atoms with Crippen LogP contribution >= 0.6 is 23.2 Å². The number of pyridine rings is 2. The molecule has 146 valence electrons. The van der Waals surface area contributed by atoms with Gasteiger partial charge in [-0.1, -0.05) is 35.3 Å². The summed E-state index contributed by atoms with van der Waals surface area (Å²) in [5, 5.41) is 0.845. The smallest absolute Gasteiger partial charge is 0.313 e. The van der Waals surface area contributed by atoms with E-state index in [0.717, 1.165) is 11.1 Å². The molecule has 0 bridgehead atoms. The van der Waals surface area contributed by atoms with Gasteiger partial charge in [-0.3, -0.25) is 9.59 Å². The number of hydrogen-bond donors (Lipinski definition) is 0. The van der Waals surface area contributed by atoms with Gasteiger partial charge in [0.05, 0.1) is 25.6 Å². The number of carbonyl (C=O) groups excluding carboxylic acids is 2. The van der Waals surface area contributed by atoms with Crippen LogP contribution in [-0.2, 0) is 25.5 Å². The summed E-state index contributed by atoms with van der Waals surface area (Å²) >= 11 is 11.2. The molecule has 1 unspecified atom stereocenters. The third kappa shape index (κ3) is 8.84. The van der Waals surface area contributed by atoms with Crippen LogP contribution in [0, 0.1) is 0 Å². The van der Waals surface area contributed by atoms with Gasteiger partial charge in [0.15, 0.2) is 0 Å². The van der Waals surface area contributed by atoms with Gasteiger partial charge in [-0.25, -0.2) is 9.97 Å². The minimum absolute atomic E-state index is 0.239. The van der Waals surface area contributed by atoms with E-state index in [9.17, 15) is 9.59 Å². The summed E-state index contributed by atoms with van der Waals surface area (Å²) < 4.78 is 9.66. The zero-order chi connectivity index (χ0) is 20.2. The molecule has 6 nitrogen and oxygen atoms in total. The largest absolute Gasteiger partial charge is 0.466 e. The third-order valence-electron chi connectivity index (χ3n) is 3.33. The Hall–Kier alpha value is -2.18. The van der Waals surface area contributed by atoms with Crippen LogP contribution in [0.1, 0.15) is 37.8 Å². The van der Waals surface area contributed by atoms with Gasteiger partial charge in [0.2, 0.25) is 0 Å². The predicted octanol–water partition coefficient (Wildman–Crippen LogP) is 4.24. The number of aromatic nitrogens is 2. The molecule has 0 aromatic carbocycles. The van der Waals surface area contributed by atoms with Crippen molar-refractivity contribution in [2.24, 2.45) is 0 Å². The Morgan fingerprint density at radius 2 is 1.56 bits per heavy atom. The van der Waals surface area contributed by atoms with Crippen LogP contribution in [0.5, 0.6) is 0 Å². The van der Waals surface area contributed by atoms with E-state index >= 15 is 0 Å². The Labute approximate surface area is 168 Å². The second-order valence-electron chi connectivity index (χ2n) is 5.36. The summed E-state index contributed by atoms with van der Waals surface area (Å²) in [6, 6.07) is 6.84. The minimum atomic E-state index is -0.292. The van der Waals surface area contributed by atoms with E-state index in [1.54, 1.807) is 57.4 Å². The maximum atomic E-state index is 11.3. The van der Waals surface area contributed by atoms with Crippen LogP contribution in [0.25, 0.3) is 0 Å². The number of ether oxygens (including phenoxy) is 2. The van der Waals surface area contributed by atoms with Gasteiger partial charge in [0, 0.05) is 12.4 Å². The SMILES string of the molecule is CCOC(=O)C(C)c1ccc(Cl)nc1.CCOC(=O)Cc1ccc(Cl)nc1. The third-order valence-corrected chi connectivity index (χ3v) is 3.78. The number of carbonyl (C=O) groups is 2. The minimum Gasteiger partial charge on any atom is -0.466 e. The first-order valence-electron chi connectivity index (χ1n) is 8.41. The van der Waals surface area contributed by atoms with Gasteiger partial charge in [0.1, 0.15) is 10.3 Å². The van der Waals surface area contributed by atoms with Gasteiger partial charge in [-0.2, -0.15) is 0 Å². The molecule has 0 aliphatic carbocycles. The van der Waals surface area contributed by atoms with E-state index < -0.39 is 0 Å². The lowest BCUT2D eigenvalue weighted by Crippen LogP contribution is -2.13. The molecular formula is C19H22Cl2N2O4. The lowest BCUT2D eigenvalue weighted by atomic mass is 10.0. The van der Waals surface area contributed by atoms with E-state index in [1.807, 2.05) is 0 Å². The zero-order valence-electron chi connectivity index (χ0n) is 15.4. The summed E-state index contributed by atoms with van der Waals surface area (Å²) in [5.41, 5.74) is 1.62. The molecule has 0 amide bonds. The standard InChI is InChI=1S/C10H12ClNO2.C9H10ClNO2/c1-3-14-10(13)7(2)8-4-5-9(11)12-6-8;1-2-13-9(12)5-7-3-4-8(10)11-6-7/h4-7H,3H2,1-2H3;3-4,6H,2,5H2,1H3. The molecular weight excluding hydrogens is 391 g/mol. The topological polar surface area (TPSA) is 78.4 Å². The van der Waals surface area contributed by atoms with Crippen molar-refractivity contribution >= 4 is 35.1 Å². The van der Waals surface area contributed by atoms with E-state index in [4.69, 9.17) is 32.7 Å². The Kier molecular flexibility index (Phi) is 10.4. The first kappa shape index (κ1) is 22.9. The van der Waals surface area contributed by atoms with Gasteiger partial charge in [-0.05, 0) is 44.0 Å². The maximum absolute atomic E-state index is 11.3. The first-order valence-corrected chi connectivity index (χ1v) is 9.17. The molecule has 2 aromatic rings. The molecule has 0 aliphatic heterocycles. The second-order valence-corrected chi connectivity index (χ2v) is 6.13. The lowest BCUT2D eigenvalue weighted by molar-refractivity contribution is -0.144. The number of hydrogen-bond acceptors (Lipinski definition) is 6. The molecule has 0 fully saturated rings. The van der Waals surface area contributed by atoms with Crippen LogP contribution in [0.4, 0.5) is 0 Å². The highest BCUT2D eigenvalue weighted by Gasteiger charge is 2.16. The first-order chi connectivity index (χ1) is 12.9. The molecule has 2 aromatic heterocycles. The molecule has 8 heteroatoms. The van der Waals surface area contributed by atoms with Crippen molar-refractivity contribution < 1.29 is 19.1 Å². The fraction of sp³-hybridized carbons (Fsp3) is 0.368. The zero-order valence-corrected chi connectivity index (χ0v) is 17.0. The van der Waals surface area contributed by atoms with E-state index in [0.29, 0.717) is 23.5 Å². The molecule has 2 rings (SSSR count). The van der Waals surface area contributed by atoms with E-state index in [1.165, 1.54) is 0 Å². The normalized spacial score (nSPS) is 11.0. The summed E-state index contributed by atoms with van der Waals surface area (Å²) in [7, 11) is 0. The van der Waals surface area contributed by atoms with Crippen molar-refractivity contribution in [2.75, 3.05) is 13.2 Å². The Morgan fingerprint density at radius 1 is 0.963 bits per heavy atom. The predicted molar refractivity (Wildman–Crippen MR) is 104 cm³/mol. The average molecular weight is 413 g/mol. The van der Waals surface area contributed by atoms with Gasteiger partial charge < -0.3 is 9.47 Å². The van der Waals surface area contributed by atoms with Crippen LogP contribution in [0.2, 0.25) is 10.3 Å². The molecule has 0 radical (unpaired) electrons. The quantitative estimate of drug-likeness (QED) is 0.521. The lowest BCUT2D eigenvalue weighted by Gasteiger charge is -2.09. The van der Waals surface area contributed by atoms with Crippen LogP contribution in [0.15, 0.2) is 36.7 Å². The van der Waals surface area contributed by atoms with Crippen LogP contribution in [-0.4, -0.2) is 35.1 Å². The van der Waals surface area contributed by atoms with Crippen molar-refractivity contribution in [1.29, 1.82) is 0 Å². The number of halogens is 2. The molecule has 27 heavy (non-hydrogen) atoms. The number of rotatable bonds is 6. The molecule has 1 atom stereocenters. The maximum Gasteiger partial charge on any atom is 0.313 e. The van der Waals surface area contributed by atoms with Gasteiger partial charge in [0.25, 0.3) is 0 Å². The van der Waals surface area contributed by atoms with Gasteiger partial charge in [-0.15, -0.1) is 0 Å². The van der Waals surface area contributed by atoms with Crippen molar-refractivity contribution in [3.63, 3.8) is 0 Å². The highest BCUT2D eigenvalue weighted by molar-refractivity contribution is 6.29. The fourth-order valence-corrected chi connectivity index (χ4v) is 2.16. The number of nitrogens with zero attached hydrogens (tertiary/aromatic N) is 2. The molecule has 0 aliphatic rings. The van der Waals surface area contributed by atoms with Crippen molar-refractivity contribution in [2.45, 2.75) is 33.1 Å². The molecule has 0 N–H and O–H groups in total. The molecule has 0 saturated carbocycles. The molecule has 2 heterocycles. The summed E-state index contributed by atoms with van der Waals surface area (Å²) in [6.45, 7) is 6.13. The highest BCUT2D eigenvalue weighted by Crippen LogP contribution is 2.17. The molecule has 0 spiro atoms. The van der Waals surface area contributed by atoms with Crippen molar-refractivity contribution in [3.8, 4) is 0 Å². The monoisotopic (exact) mass is 412 g/mol. The molecule has 0 saturated heterocycles. The van der Waals surface area contributed by atoms with E-state index in [-0.39, 0.29) is 24.3 Å². The second kappa shape index (κ2) is 12.3. The van der Waals surface area contributed by atoms with Crippen LogP contribution in [0.3, 0.4) is 0 Å². The summed E-state index contributed by atoms with van der Waals surface area (Å²) in [5.74, 6) is -0.775. The average Bonchev–Trinajstić information content (AvgIpc) is 2.64. The van der Waals surface area contributed by atoms with Crippen molar-refractivity contribution in [1.82, 2.24) is 9.97 Å². The Morgan fingerprint density at radius 3 is 2.04 bits per heavy atom. The summed E-state index contributed by atoms with van der Waals surface area (Å²) in [4.78, 5) is 30.1. The van der Waals surface area contributed by atoms with Crippen LogP contribution < -0.4 is 0 Å². The van der Waals surface area contributed by atoms with Crippen molar-refractivity contribution in [3.05, 3.63) is 58.1 Å². The van der Waals surface area contributed by atoms with Gasteiger partial charge >= 0.3 is 11.9 Å². The highest BCUT2D eigenvalue weighted by atomic mass is 35.5. The Bertz CT molecular complexity index is 721. The summed E-state index contributed by atoms with van der Waals surface area (Å²) in [6.07, 6.45) is 3.40. The Balaban J connectivity index is 0.000000271. The number of esters is 2. The fourth-order valence-electron chi connectivity index (χ4n) is 1.94. The van der Waals surface area contributed by atoms with E-state index in [2.05, 4.69) is 9.97 Å².